The molecule has 10 nitrogen and oxygen atoms in total. The van der Waals surface area contributed by atoms with Gasteiger partial charge in [0.1, 0.15) is 22.6 Å². The summed E-state index contributed by atoms with van der Waals surface area (Å²) in [5, 5.41) is 12.6. The highest BCUT2D eigenvalue weighted by molar-refractivity contribution is 5.99. The third kappa shape index (κ3) is 6.69. The van der Waals surface area contributed by atoms with Crippen LogP contribution in [0.2, 0.25) is 0 Å². The van der Waals surface area contributed by atoms with E-state index in [-0.39, 0.29) is 44.0 Å². The molecule has 2 aromatic rings. The van der Waals surface area contributed by atoms with Gasteiger partial charge in [-0.1, -0.05) is 30.3 Å². The number of hydrogen-bond acceptors (Lipinski definition) is 7. The summed E-state index contributed by atoms with van der Waals surface area (Å²) in [4.78, 5) is 39.5. The number of ether oxygens (including phenoxy) is 4. The van der Waals surface area contributed by atoms with Gasteiger partial charge in [-0.2, -0.15) is 0 Å². The van der Waals surface area contributed by atoms with Gasteiger partial charge in [-0.25, -0.2) is 9.59 Å². The third-order valence-electron chi connectivity index (χ3n) is 7.30. The second-order valence-electron chi connectivity index (χ2n) is 9.73. The maximum Gasteiger partial charge on any atom is 0.329 e. The van der Waals surface area contributed by atoms with E-state index in [1.165, 1.54) is 33.2 Å². The second kappa shape index (κ2) is 12.9. The monoisotopic (exact) mass is 542 g/mol. The van der Waals surface area contributed by atoms with Crippen molar-refractivity contribution in [3.63, 3.8) is 0 Å². The van der Waals surface area contributed by atoms with E-state index < -0.39 is 23.6 Å². The molecule has 0 spiro atoms. The van der Waals surface area contributed by atoms with Crippen molar-refractivity contribution in [3.05, 3.63) is 59.2 Å². The van der Waals surface area contributed by atoms with E-state index in [1.807, 2.05) is 44.2 Å². The number of nitrogens with one attached hydrogen (secondary N) is 1. The number of Topliss-reactive ketones (excluding diaryl/α,β-unsaturated/α-hetero) is 1. The van der Waals surface area contributed by atoms with Crippen molar-refractivity contribution in [2.24, 2.45) is 0 Å². The molecule has 3 rings (SSSR count). The molecule has 1 saturated carbocycles. The van der Waals surface area contributed by atoms with Crippen molar-refractivity contribution in [2.75, 3.05) is 34.5 Å². The summed E-state index contributed by atoms with van der Waals surface area (Å²) in [5.41, 5.74) is 0.534. The van der Waals surface area contributed by atoms with E-state index in [9.17, 15) is 19.5 Å². The van der Waals surface area contributed by atoms with Gasteiger partial charge in [0.15, 0.2) is 5.78 Å². The lowest BCUT2D eigenvalue weighted by molar-refractivity contribution is -0.155. The van der Waals surface area contributed by atoms with Crippen LogP contribution in [-0.4, -0.2) is 73.9 Å². The fourth-order valence-corrected chi connectivity index (χ4v) is 4.81. The number of benzene rings is 2. The van der Waals surface area contributed by atoms with Crippen LogP contribution in [0.1, 0.15) is 67.2 Å². The highest BCUT2D eigenvalue weighted by Crippen LogP contribution is 2.37. The Hall–Kier alpha value is -3.63. The van der Waals surface area contributed by atoms with Crippen LogP contribution in [-0.2, 0) is 14.3 Å². The molecule has 0 heterocycles. The van der Waals surface area contributed by atoms with E-state index in [2.05, 4.69) is 5.32 Å². The minimum absolute atomic E-state index is 0.170. The molecule has 2 aromatic carbocycles. The van der Waals surface area contributed by atoms with Gasteiger partial charge in [0.05, 0.1) is 39.1 Å². The first-order chi connectivity index (χ1) is 18.6. The fraction of sp³-hybridized carbons (Fsp3) is 0.483. The topological polar surface area (TPSA) is 124 Å². The van der Waals surface area contributed by atoms with Gasteiger partial charge in [-0.05, 0) is 44.0 Å². The Bertz CT molecular complexity index is 1140. The summed E-state index contributed by atoms with van der Waals surface area (Å²) in [6, 6.07) is 12.0. The first-order valence-corrected chi connectivity index (χ1v) is 12.8. The number of methoxy groups -OCH3 is 3. The molecule has 0 saturated heterocycles. The van der Waals surface area contributed by atoms with E-state index in [0.29, 0.717) is 22.6 Å². The van der Waals surface area contributed by atoms with Crippen molar-refractivity contribution in [1.82, 2.24) is 10.2 Å². The molecule has 0 unspecified atom stereocenters. The van der Waals surface area contributed by atoms with E-state index in [0.717, 1.165) is 5.56 Å². The summed E-state index contributed by atoms with van der Waals surface area (Å²) in [6.45, 7) is 5.54. The zero-order valence-electron chi connectivity index (χ0n) is 23.4. The fourth-order valence-electron chi connectivity index (χ4n) is 4.81. The van der Waals surface area contributed by atoms with Crippen molar-refractivity contribution in [2.45, 2.75) is 57.4 Å². The molecule has 2 N–H and O–H groups in total. The molecule has 0 radical (unpaired) electrons. The number of hydrogen-bond donors (Lipinski definition) is 2. The first-order valence-electron chi connectivity index (χ1n) is 12.8. The number of ketones is 1. The molecular formula is C29H38N2O8. The van der Waals surface area contributed by atoms with Gasteiger partial charge in [-0.3, -0.25) is 4.79 Å². The number of carbonyl (C=O) groups is 3. The lowest BCUT2D eigenvalue weighted by atomic mass is 9.74. The Morgan fingerprint density at radius 2 is 1.62 bits per heavy atom. The smallest absolute Gasteiger partial charge is 0.329 e. The summed E-state index contributed by atoms with van der Waals surface area (Å²) < 4.78 is 22.2. The average molecular weight is 543 g/mol. The molecular weight excluding hydrogens is 504 g/mol. The van der Waals surface area contributed by atoms with Crippen molar-refractivity contribution in [3.8, 4) is 11.5 Å². The maximum absolute atomic E-state index is 13.6. The SMILES string of the molecule is COc1cc([C@@H](C)N(CCO[C@@H](C)c2ccccc2)C(=O)N[C@]2(C(=O)O)C[C@@H](OC)C2)cc(OC)c1C(C)=O. The highest BCUT2D eigenvalue weighted by atomic mass is 16.5. The molecule has 1 aliphatic rings. The predicted molar refractivity (Wildman–Crippen MR) is 144 cm³/mol. The quantitative estimate of drug-likeness (QED) is 0.357. The average Bonchev–Trinajstić information content (AvgIpc) is 2.91. The summed E-state index contributed by atoms with van der Waals surface area (Å²) in [6.07, 6.45) is -0.108. The number of rotatable bonds is 13. The molecule has 0 aromatic heterocycles. The van der Waals surface area contributed by atoms with Crippen molar-refractivity contribution < 1.29 is 38.4 Å². The summed E-state index contributed by atoms with van der Waals surface area (Å²) >= 11 is 0. The first kappa shape index (κ1) is 29.9. The largest absolute Gasteiger partial charge is 0.496 e. The van der Waals surface area contributed by atoms with Gasteiger partial charge in [0.2, 0.25) is 0 Å². The van der Waals surface area contributed by atoms with Crippen LogP contribution in [0.15, 0.2) is 42.5 Å². The summed E-state index contributed by atoms with van der Waals surface area (Å²) in [7, 11) is 4.43. The Morgan fingerprint density at radius 3 is 2.10 bits per heavy atom. The number of carboxylic acids is 1. The summed E-state index contributed by atoms with van der Waals surface area (Å²) in [5.74, 6) is -0.689. The molecule has 1 fully saturated rings. The van der Waals surface area contributed by atoms with Gasteiger partial charge in [0.25, 0.3) is 0 Å². The molecule has 1 aliphatic carbocycles. The maximum atomic E-state index is 13.6. The van der Waals surface area contributed by atoms with Crippen LogP contribution >= 0.6 is 0 Å². The molecule has 0 aliphatic heterocycles. The van der Waals surface area contributed by atoms with Crippen LogP contribution in [0.5, 0.6) is 11.5 Å². The Morgan fingerprint density at radius 1 is 1.03 bits per heavy atom. The number of aliphatic carboxylic acids is 1. The van der Waals surface area contributed by atoms with Gasteiger partial charge in [0, 0.05) is 26.5 Å². The molecule has 39 heavy (non-hydrogen) atoms. The Labute approximate surface area is 229 Å². The van der Waals surface area contributed by atoms with Gasteiger partial charge in [-0.15, -0.1) is 0 Å². The molecule has 212 valence electrons. The lowest BCUT2D eigenvalue weighted by Gasteiger charge is -2.45. The number of urea groups is 1. The normalized spacial score (nSPS) is 19.8. The van der Waals surface area contributed by atoms with Crippen LogP contribution in [0.4, 0.5) is 4.79 Å². The number of amides is 2. The van der Waals surface area contributed by atoms with E-state index in [4.69, 9.17) is 18.9 Å². The molecule has 2 atom stereocenters. The third-order valence-corrected chi connectivity index (χ3v) is 7.30. The lowest BCUT2D eigenvalue weighted by Crippen LogP contribution is -2.66. The van der Waals surface area contributed by atoms with Crippen molar-refractivity contribution >= 4 is 17.8 Å². The second-order valence-corrected chi connectivity index (χ2v) is 9.73. The predicted octanol–water partition coefficient (Wildman–Crippen LogP) is 4.39. The molecule has 0 bridgehead atoms. The zero-order chi connectivity index (χ0) is 28.7. The molecule has 10 heteroatoms. The zero-order valence-corrected chi connectivity index (χ0v) is 23.4. The van der Waals surface area contributed by atoms with Gasteiger partial charge < -0.3 is 34.3 Å². The van der Waals surface area contributed by atoms with E-state index in [1.54, 1.807) is 12.1 Å². The van der Waals surface area contributed by atoms with Crippen LogP contribution in [0.3, 0.4) is 0 Å². The van der Waals surface area contributed by atoms with E-state index >= 15 is 0 Å². The van der Waals surface area contributed by atoms with Crippen LogP contribution < -0.4 is 14.8 Å². The standard InChI is InChI=1S/C29H38N2O8/c1-18(22-14-24(37-5)26(19(2)32)25(15-22)38-6)31(12-13-39-20(3)21-10-8-7-9-11-21)28(35)30-29(27(33)34)16-23(17-29)36-4/h7-11,14-15,18,20,23H,12-13,16-17H2,1-6H3,(H,30,35)(H,33,34)/t18-,20+,23-,29-/m1/s1. The van der Waals surface area contributed by atoms with Crippen LogP contribution in [0.25, 0.3) is 0 Å². The Kier molecular flexibility index (Phi) is 9.93. The van der Waals surface area contributed by atoms with Gasteiger partial charge >= 0.3 is 12.0 Å². The van der Waals surface area contributed by atoms with Crippen molar-refractivity contribution in [1.29, 1.82) is 0 Å². The Balaban J connectivity index is 1.89. The number of carbonyl (C=O) groups excluding carboxylic acids is 2. The molecule has 2 amide bonds. The minimum atomic E-state index is -1.41. The minimum Gasteiger partial charge on any atom is -0.496 e. The number of carboxylic acid groups (broad SMARTS) is 1. The number of nitrogens with zero attached hydrogens (tertiary/aromatic N) is 1. The van der Waals surface area contributed by atoms with Crippen LogP contribution in [0, 0.1) is 0 Å². The highest BCUT2D eigenvalue weighted by Gasteiger charge is 2.52.